The van der Waals surface area contributed by atoms with Gasteiger partial charge in [-0.1, -0.05) is 6.92 Å². The number of thioether (sulfide) groups is 1. The van der Waals surface area contributed by atoms with Gasteiger partial charge in [0.05, 0.1) is 5.69 Å². The van der Waals surface area contributed by atoms with Crippen LogP contribution in [0.25, 0.3) is 0 Å². The first kappa shape index (κ1) is 13.8. The molecule has 0 spiro atoms. The van der Waals surface area contributed by atoms with Crippen molar-refractivity contribution in [3.63, 3.8) is 0 Å². The van der Waals surface area contributed by atoms with Gasteiger partial charge in [-0.05, 0) is 30.4 Å². The van der Waals surface area contributed by atoms with Crippen molar-refractivity contribution in [2.75, 3.05) is 22.6 Å². The van der Waals surface area contributed by atoms with Crippen LogP contribution in [-0.2, 0) is 4.79 Å². The highest BCUT2D eigenvalue weighted by atomic mass is 32.2. The molecule has 0 fully saturated rings. The molecule has 0 bridgehead atoms. The zero-order valence-corrected chi connectivity index (χ0v) is 10.6. The third-order valence-electron chi connectivity index (χ3n) is 2.10. The second kappa shape index (κ2) is 7.17. The Morgan fingerprint density at radius 3 is 2.88 bits per heavy atom. The van der Waals surface area contributed by atoms with E-state index in [1.165, 1.54) is 18.2 Å². The predicted molar refractivity (Wildman–Crippen MR) is 71.7 cm³/mol. The van der Waals surface area contributed by atoms with Gasteiger partial charge < -0.3 is 11.1 Å². The predicted octanol–water partition coefficient (Wildman–Crippen LogP) is 2.88. The van der Waals surface area contributed by atoms with E-state index in [0.29, 0.717) is 12.1 Å². The van der Waals surface area contributed by atoms with Crippen LogP contribution >= 0.6 is 11.8 Å². The lowest BCUT2D eigenvalue weighted by molar-refractivity contribution is -0.115. The second-order valence-corrected chi connectivity index (χ2v) is 4.87. The molecule has 1 rings (SSSR count). The molecule has 0 heterocycles. The third kappa shape index (κ3) is 5.08. The Hall–Kier alpha value is -1.23. The Balaban J connectivity index is 2.37. The number of nitrogen functional groups attached to an aromatic ring is 1. The van der Waals surface area contributed by atoms with Gasteiger partial charge in [0.1, 0.15) is 5.82 Å². The largest absolute Gasteiger partial charge is 0.396 e. The van der Waals surface area contributed by atoms with E-state index in [1.54, 1.807) is 11.8 Å². The number of hydrogen-bond donors (Lipinski definition) is 2. The van der Waals surface area contributed by atoms with Crippen LogP contribution in [0.5, 0.6) is 0 Å². The highest BCUT2D eigenvalue weighted by Gasteiger charge is 2.04. The Morgan fingerprint density at radius 1 is 1.47 bits per heavy atom. The van der Waals surface area contributed by atoms with Crippen molar-refractivity contribution in [3.05, 3.63) is 24.0 Å². The molecule has 0 aliphatic heterocycles. The zero-order valence-electron chi connectivity index (χ0n) is 9.83. The summed E-state index contributed by atoms with van der Waals surface area (Å²) in [6.45, 7) is 2.11. The first-order valence-electron chi connectivity index (χ1n) is 5.56. The van der Waals surface area contributed by atoms with E-state index in [4.69, 9.17) is 5.73 Å². The van der Waals surface area contributed by atoms with Crippen LogP contribution < -0.4 is 11.1 Å². The third-order valence-corrected chi connectivity index (χ3v) is 3.29. The molecule has 1 aromatic carbocycles. The van der Waals surface area contributed by atoms with E-state index >= 15 is 0 Å². The lowest BCUT2D eigenvalue weighted by Gasteiger charge is -2.06. The molecule has 0 atom stereocenters. The second-order valence-electron chi connectivity index (χ2n) is 3.65. The van der Waals surface area contributed by atoms with Gasteiger partial charge in [0, 0.05) is 17.9 Å². The number of benzene rings is 1. The summed E-state index contributed by atoms with van der Waals surface area (Å²) in [7, 11) is 0. The molecular weight excluding hydrogens is 239 g/mol. The van der Waals surface area contributed by atoms with Gasteiger partial charge in [-0.2, -0.15) is 11.8 Å². The SMILES string of the molecule is CCCSCCC(=O)Nc1ccc(F)c(N)c1. The average molecular weight is 256 g/mol. The molecule has 94 valence electrons. The molecule has 0 radical (unpaired) electrons. The maximum Gasteiger partial charge on any atom is 0.225 e. The molecule has 1 amide bonds. The minimum atomic E-state index is -0.471. The molecular formula is C12H17FN2OS. The molecule has 0 aliphatic rings. The number of amides is 1. The Kier molecular flexibility index (Phi) is 5.83. The molecule has 0 saturated carbocycles. The first-order valence-corrected chi connectivity index (χ1v) is 6.71. The maximum absolute atomic E-state index is 12.9. The van der Waals surface area contributed by atoms with Crippen molar-refractivity contribution in [2.45, 2.75) is 19.8 Å². The van der Waals surface area contributed by atoms with Crippen molar-refractivity contribution >= 4 is 29.0 Å². The van der Waals surface area contributed by atoms with Crippen LogP contribution in [0, 0.1) is 5.82 Å². The molecule has 1 aromatic rings. The monoisotopic (exact) mass is 256 g/mol. The lowest BCUT2D eigenvalue weighted by Crippen LogP contribution is -2.12. The number of nitrogens with one attached hydrogen (secondary N) is 1. The van der Waals surface area contributed by atoms with E-state index in [9.17, 15) is 9.18 Å². The van der Waals surface area contributed by atoms with Gasteiger partial charge in [-0.25, -0.2) is 4.39 Å². The summed E-state index contributed by atoms with van der Waals surface area (Å²) in [5.74, 6) is 1.33. The van der Waals surface area contributed by atoms with E-state index in [0.717, 1.165) is 17.9 Å². The molecule has 5 heteroatoms. The molecule has 17 heavy (non-hydrogen) atoms. The van der Waals surface area contributed by atoms with Crippen molar-refractivity contribution in [1.82, 2.24) is 0 Å². The summed E-state index contributed by atoms with van der Waals surface area (Å²) < 4.78 is 12.9. The number of nitrogens with two attached hydrogens (primary N) is 1. The van der Waals surface area contributed by atoms with E-state index in [2.05, 4.69) is 12.2 Å². The molecule has 0 unspecified atom stereocenters. The van der Waals surface area contributed by atoms with Crippen LogP contribution in [-0.4, -0.2) is 17.4 Å². The standard InChI is InChI=1S/C12H17FN2OS/c1-2-6-17-7-5-12(16)15-9-3-4-10(13)11(14)8-9/h3-4,8H,2,5-7,14H2,1H3,(H,15,16). The summed E-state index contributed by atoms with van der Waals surface area (Å²) in [5, 5.41) is 2.69. The topological polar surface area (TPSA) is 55.1 Å². The van der Waals surface area contributed by atoms with Crippen LogP contribution in [0.4, 0.5) is 15.8 Å². The van der Waals surface area contributed by atoms with Gasteiger partial charge in [-0.15, -0.1) is 0 Å². The van der Waals surface area contributed by atoms with Gasteiger partial charge in [-0.3, -0.25) is 4.79 Å². The van der Waals surface area contributed by atoms with E-state index in [1.807, 2.05) is 0 Å². The van der Waals surface area contributed by atoms with Crippen molar-refractivity contribution in [1.29, 1.82) is 0 Å². The summed E-state index contributed by atoms with van der Waals surface area (Å²) in [5.41, 5.74) is 5.99. The van der Waals surface area contributed by atoms with Crippen molar-refractivity contribution in [3.8, 4) is 0 Å². The smallest absolute Gasteiger partial charge is 0.225 e. The summed E-state index contributed by atoms with van der Waals surface area (Å²) >= 11 is 1.75. The molecule has 3 N–H and O–H groups in total. The highest BCUT2D eigenvalue weighted by Crippen LogP contribution is 2.16. The lowest BCUT2D eigenvalue weighted by atomic mass is 10.2. The maximum atomic E-state index is 12.9. The van der Waals surface area contributed by atoms with Gasteiger partial charge >= 0.3 is 0 Å². The van der Waals surface area contributed by atoms with Gasteiger partial charge in [0.2, 0.25) is 5.91 Å². The van der Waals surface area contributed by atoms with Crippen LogP contribution in [0.2, 0.25) is 0 Å². The van der Waals surface area contributed by atoms with Crippen molar-refractivity contribution < 1.29 is 9.18 Å². The molecule has 0 aromatic heterocycles. The fourth-order valence-electron chi connectivity index (χ4n) is 1.26. The summed E-state index contributed by atoms with van der Waals surface area (Å²) in [6.07, 6.45) is 1.57. The Bertz CT molecular complexity index is 385. The number of hydrogen-bond acceptors (Lipinski definition) is 3. The molecule has 0 aliphatic carbocycles. The number of rotatable bonds is 6. The average Bonchev–Trinajstić information content (AvgIpc) is 2.30. The minimum absolute atomic E-state index is 0.0446. The Morgan fingerprint density at radius 2 is 2.24 bits per heavy atom. The summed E-state index contributed by atoms with van der Waals surface area (Å²) in [6, 6.07) is 4.17. The fraction of sp³-hybridized carbons (Fsp3) is 0.417. The number of carbonyl (C=O) groups excluding carboxylic acids is 1. The van der Waals surface area contributed by atoms with E-state index in [-0.39, 0.29) is 11.6 Å². The first-order chi connectivity index (χ1) is 8.13. The van der Waals surface area contributed by atoms with Crippen LogP contribution in [0.15, 0.2) is 18.2 Å². The molecule has 3 nitrogen and oxygen atoms in total. The van der Waals surface area contributed by atoms with E-state index < -0.39 is 5.82 Å². The van der Waals surface area contributed by atoms with Crippen LogP contribution in [0.1, 0.15) is 19.8 Å². The number of halogens is 1. The van der Waals surface area contributed by atoms with Crippen LogP contribution in [0.3, 0.4) is 0 Å². The Labute approximate surface area is 105 Å². The quantitative estimate of drug-likeness (QED) is 0.608. The summed E-state index contributed by atoms with van der Waals surface area (Å²) in [4.78, 5) is 11.5. The number of carbonyl (C=O) groups is 1. The van der Waals surface area contributed by atoms with Gasteiger partial charge in [0.25, 0.3) is 0 Å². The minimum Gasteiger partial charge on any atom is -0.396 e. The number of anilines is 2. The van der Waals surface area contributed by atoms with Crippen molar-refractivity contribution in [2.24, 2.45) is 0 Å². The van der Waals surface area contributed by atoms with Gasteiger partial charge in [0.15, 0.2) is 0 Å². The fourth-order valence-corrected chi connectivity index (χ4v) is 2.08. The normalized spacial score (nSPS) is 10.2. The molecule has 0 saturated heterocycles. The highest BCUT2D eigenvalue weighted by molar-refractivity contribution is 7.99. The zero-order chi connectivity index (χ0) is 12.7.